The van der Waals surface area contributed by atoms with Crippen LogP contribution in [-0.2, 0) is 6.42 Å². The van der Waals surface area contributed by atoms with Crippen molar-refractivity contribution in [2.45, 2.75) is 6.42 Å². The van der Waals surface area contributed by atoms with E-state index in [0.717, 1.165) is 5.56 Å². The second kappa shape index (κ2) is 5.05. The van der Waals surface area contributed by atoms with Crippen LogP contribution in [0.3, 0.4) is 0 Å². The van der Waals surface area contributed by atoms with E-state index in [1.165, 1.54) is 6.20 Å². The molecule has 0 atom stereocenters. The van der Waals surface area contributed by atoms with Gasteiger partial charge in [0, 0.05) is 6.42 Å². The molecular formula is C12H11N3O2S. The van der Waals surface area contributed by atoms with Crippen molar-refractivity contribution < 1.29 is 10.0 Å². The smallest absolute Gasteiger partial charge is 0.238 e. The number of nitrogens with one attached hydrogen (secondary N) is 1. The van der Waals surface area contributed by atoms with Gasteiger partial charge in [-0.15, -0.1) is 0 Å². The summed E-state index contributed by atoms with van der Waals surface area (Å²) in [5.41, 5.74) is 0.971. The maximum atomic E-state index is 11.2. The van der Waals surface area contributed by atoms with Crippen LogP contribution in [0, 0.1) is 5.41 Å². The predicted molar refractivity (Wildman–Crippen MR) is 67.8 cm³/mol. The van der Waals surface area contributed by atoms with Gasteiger partial charge in [0.15, 0.2) is 11.2 Å². The molecular weight excluding hydrogens is 250 g/mol. The van der Waals surface area contributed by atoms with E-state index in [2.05, 4.69) is 17.6 Å². The van der Waals surface area contributed by atoms with Gasteiger partial charge in [-0.05, 0) is 5.56 Å². The maximum Gasteiger partial charge on any atom is 0.238 e. The zero-order chi connectivity index (χ0) is 13.1. The van der Waals surface area contributed by atoms with E-state index in [4.69, 9.17) is 5.41 Å². The fraction of sp³-hybridized carbons (Fsp3) is 0.0833. The van der Waals surface area contributed by atoms with Crippen molar-refractivity contribution in [3.05, 3.63) is 59.0 Å². The Hall–Kier alpha value is -2.08. The molecule has 0 unspecified atom stereocenters. The summed E-state index contributed by atoms with van der Waals surface area (Å²) in [7, 11) is 0. The first-order valence-corrected chi connectivity index (χ1v) is 5.66. The number of carbonyl (C=O) groups excluding carboxylic acids is 1. The van der Waals surface area contributed by atoms with Crippen LogP contribution >= 0.6 is 12.6 Å². The molecule has 1 heterocycles. The summed E-state index contributed by atoms with van der Waals surface area (Å²) in [6.07, 6.45) is 1.78. The lowest BCUT2D eigenvalue weighted by atomic mass is 10.1. The van der Waals surface area contributed by atoms with Gasteiger partial charge < -0.3 is 5.21 Å². The van der Waals surface area contributed by atoms with Crippen molar-refractivity contribution in [1.82, 2.24) is 9.71 Å². The number of hydrogen-bond acceptors (Lipinski definition) is 4. The summed E-state index contributed by atoms with van der Waals surface area (Å²) in [6, 6.07) is 9.52. The highest BCUT2D eigenvalue weighted by atomic mass is 32.1. The molecule has 2 rings (SSSR count). The third-order valence-electron chi connectivity index (χ3n) is 2.41. The molecule has 92 valence electrons. The van der Waals surface area contributed by atoms with Crippen LogP contribution in [0.1, 0.15) is 21.7 Å². The van der Waals surface area contributed by atoms with Crippen molar-refractivity contribution in [2.75, 3.05) is 0 Å². The van der Waals surface area contributed by atoms with Gasteiger partial charge in [0.1, 0.15) is 0 Å². The molecule has 0 bridgehead atoms. The van der Waals surface area contributed by atoms with Gasteiger partial charge in [-0.1, -0.05) is 43.0 Å². The molecule has 0 aliphatic rings. The molecule has 0 radical (unpaired) electrons. The van der Waals surface area contributed by atoms with Crippen LogP contribution in [0.25, 0.3) is 0 Å². The highest BCUT2D eigenvalue weighted by molar-refractivity contribution is 7.97. The van der Waals surface area contributed by atoms with Crippen molar-refractivity contribution >= 4 is 17.7 Å². The van der Waals surface area contributed by atoms with E-state index in [1.807, 2.05) is 30.3 Å². The van der Waals surface area contributed by atoms with E-state index in [0.29, 0.717) is 16.8 Å². The molecule has 5 nitrogen and oxygen atoms in total. The first-order valence-electron chi connectivity index (χ1n) is 5.21. The average molecular weight is 261 g/mol. The first kappa shape index (κ1) is 12.4. The fourth-order valence-electron chi connectivity index (χ4n) is 1.58. The van der Waals surface area contributed by atoms with Crippen LogP contribution in [0.2, 0.25) is 0 Å². The monoisotopic (exact) mass is 261 g/mol. The number of aromatic nitrogens is 2. The molecule has 0 saturated carbocycles. The van der Waals surface area contributed by atoms with Gasteiger partial charge in [-0.3, -0.25) is 10.2 Å². The SMILES string of the molecule is N=c1c(C(=O)S)nc(Cc2ccccc2)cn1O. The summed E-state index contributed by atoms with van der Waals surface area (Å²) < 4.78 is 0.578. The van der Waals surface area contributed by atoms with Crippen LogP contribution in [0.15, 0.2) is 36.5 Å². The molecule has 0 fully saturated rings. The lowest BCUT2D eigenvalue weighted by molar-refractivity contribution is 0.107. The summed E-state index contributed by atoms with van der Waals surface area (Å²) >= 11 is 3.63. The van der Waals surface area contributed by atoms with E-state index < -0.39 is 5.12 Å². The number of thiol groups is 1. The topological polar surface area (TPSA) is 79.0 Å². The van der Waals surface area contributed by atoms with Gasteiger partial charge >= 0.3 is 0 Å². The Labute approximate surface area is 109 Å². The van der Waals surface area contributed by atoms with Crippen molar-refractivity contribution in [1.29, 1.82) is 5.41 Å². The van der Waals surface area contributed by atoms with Crippen LogP contribution < -0.4 is 5.49 Å². The van der Waals surface area contributed by atoms with E-state index >= 15 is 0 Å². The van der Waals surface area contributed by atoms with Gasteiger partial charge in [0.05, 0.1) is 11.9 Å². The minimum absolute atomic E-state index is 0.158. The van der Waals surface area contributed by atoms with E-state index in [-0.39, 0.29) is 11.2 Å². The Balaban J connectivity index is 2.41. The Morgan fingerprint density at radius 1 is 1.39 bits per heavy atom. The predicted octanol–water partition coefficient (Wildman–Crippen LogP) is 1.26. The van der Waals surface area contributed by atoms with Crippen molar-refractivity contribution in [3.8, 4) is 0 Å². The number of hydrogen-bond donors (Lipinski definition) is 3. The molecule has 1 aromatic carbocycles. The number of nitrogens with zero attached hydrogens (tertiary/aromatic N) is 2. The molecule has 1 aromatic heterocycles. The summed E-state index contributed by atoms with van der Waals surface area (Å²) in [4.78, 5) is 15.2. The molecule has 0 amide bonds. The minimum atomic E-state index is -0.641. The Kier molecular flexibility index (Phi) is 3.47. The van der Waals surface area contributed by atoms with Crippen molar-refractivity contribution in [3.63, 3.8) is 0 Å². The molecule has 0 saturated heterocycles. The lowest BCUT2D eigenvalue weighted by Crippen LogP contribution is -2.26. The van der Waals surface area contributed by atoms with Crippen molar-refractivity contribution in [2.24, 2.45) is 0 Å². The highest BCUT2D eigenvalue weighted by Crippen LogP contribution is 2.06. The van der Waals surface area contributed by atoms with Gasteiger partial charge in [0.25, 0.3) is 0 Å². The Bertz CT molecular complexity index is 638. The molecule has 0 aliphatic carbocycles. The highest BCUT2D eigenvalue weighted by Gasteiger charge is 2.10. The zero-order valence-electron chi connectivity index (χ0n) is 9.37. The maximum absolute atomic E-state index is 11.2. The second-order valence-corrected chi connectivity index (χ2v) is 4.15. The van der Waals surface area contributed by atoms with Gasteiger partial charge in [-0.25, -0.2) is 4.98 Å². The zero-order valence-corrected chi connectivity index (χ0v) is 10.3. The van der Waals surface area contributed by atoms with Crippen LogP contribution in [0.4, 0.5) is 0 Å². The first-order chi connectivity index (χ1) is 8.58. The normalized spacial score (nSPS) is 10.3. The van der Waals surface area contributed by atoms with Crippen LogP contribution in [0.5, 0.6) is 0 Å². The molecule has 2 aromatic rings. The number of benzene rings is 1. The lowest BCUT2D eigenvalue weighted by Gasteiger charge is -2.06. The standard InChI is InChI=1S/C12H11N3O2S/c13-11-10(12(16)18)14-9(7-15(11)17)6-8-4-2-1-3-5-8/h1-5,7,13,17H,6H2,(H,16,18). The second-order valence-electron chi connectivity index (χ2n) is 3.74. The molecule has 6 heteroatoms. The van der Waals surface area contributed by atoms with E-state index in [9.17, 15) is 10.0 Å². The summed E-state index contributed by atoms with van der Waals surface area (Å²) in [6.45, 7) is 0. The molecule has 18 heavy (non-hydrogen) atoms. The summed E-state index contributed by atoms with van der Waals surface area (Å²) in [5, 5.41) is 16.4. The average Bonchev–Trinajstić information content (AvgIpc) is 2.34. The molecule has 0 spiro atoms. The molecule has 2 N–H and O–H groups in total. The number of rotatable bonds is 3. The van der Waals surface area contributed by atoms with Crippen LogP contribution in [-0.4, -0.2) is 20.0 Å². The van der Waals surface area contributed by atoms with E-state index in [1.54, 1.807) is 0 Å². The van der Waals surface area contributed by atoms with Gasteiger partial charge in [-0.2, -0.15) is 4.73 Å². The Morgan fingerprint density at radius 3 is 2.67 bits per heavy atom. The largest absolute Gasteiger partial charge is 0.427 e. The van der Waals surface area contributed by atoms with Gasteiger partial charge in [0.2, 0.25) is 5.12 Å². The molecule has 0 aliphatic heterocycles. The fourth-order valence-corrected chi connectivity index (χ4v) is 1.73. The quantitative estimate of drug-likeness (QED) is 0.575. The minimum Gasteiger partial charge on any atom is -0.427 e. The summed E-state index contributed by atoms with van der Waals surface area (Å²) in [5.74, 6) is 0. The third kappa shape index (κ3) is 2.60. The Morgan fingerprint density at radius 2 is 2.06 bits per heavy atom. The third-order valence-corrected chi connectivity index (χ3v) is 2.62. The number of carbonyl (C=O) groups is 1.